The van der Waals surface area contributed by atoms with E-state index in [0.29, 0.717) is 11.6 Å². The highest BCUT2D eigenvalue weighted by atomic mass is 35.5. The van der Waals surface area contributed by atoms with Gasteiger partial charge in [-0.1, -0.05) is 41.6 Å². The summed E-state index contributed by atoms with van der Waals surface area (Å²) in [6.07, 6.45) is 2.02. The number of anilines is 1. The fraction of sp³-hybridized carbons (Fsp3) is 0.214. The molecule has 0 amide bonds. The molecule has 2 N–H and O–H groups in total. The highest BCUT2D eigenvalue weighted by molar-refractivity contribution is 8.00. The molecule has 98 valence electrons. The van der Waals surface area contributed by atoms with Crippen molar-refractivity contribution in [2.75, 3.05) is 5.73 Å². The number of hydrogen-bond acceptors (Lipinski definition) is 4. The number of ether oxygens (including phenoxy) is 1. The van der Waals surface area contributed by atoms with E-state index in [1.165, 1.54) is 4.90 Å². The normalized spacial score (nSPS) is 16.1. The van der Waals surface area contributed by atoms with Gasteiger partial charge in [0.1, 0.15) is 0 Å². The molecule has 1 aromatic carbocycles. The number of nitrogen functional groups attached to an aromatic ring is 1. The molecule has 0 unspecified atom stereocenters. The van der Waals surface area contributed by atoms with Crippen LogP contribution in [0.2, 0.25) is 5.15 Å². The molecule has 5 heteroatoms. The van der Waals surface area contributed by atoms with Crippen LogP contribution in [0, 0.1) is 0 Å². The van der Waals surface area contributed by atoms with Crippen LogP contribution in [-0.4, -0.2) is 9.92 Å². The fourth-order valence-electron chi connectivity index (χ4n) is 1.71. The molecule has 0 saturated heterocycles. The molecule has 1 aromatic heterocycles. The summed E-state index contributed by atoms with van der Waals surface area (Å²) in [5, 5.41) is 0.290. The van der Waals surface area contributed by atoms with Gasteiger partial charge < -0.3 is 10.5 Å². The third kappa shape index (κ3) is 2.96. The number of benzene rings is 1. The molecule has 3 rings (SSSR count). The van der Waals surface area contributed by atoms with Crippen molar-refractivity contribution in [3.05, 3.63) is 47.6 Å². The number of thioether (sulfide) groups is 1. The molecule has 1 heterocycles. The maximum atomic E-state index is 5.96. The van der Waals surface area contributed by atoms with Crippen LogP contribution in [0.3, 0.4) is 0 Å². The predicted molar refractivity (Wildman–Crippen MR) is 78.6 cm³/mol. The van der Waals surface area contributed by atoms with Crippen LogP contribution in [0.25, 0.3) is 0 Å². The fourth-order valence-corrected chi connectivity index (χ4v) is 3.01. The van der Waals surface area contributed by atoms with Crippen LogP contribution in [0.15, 0.2) is 47.4 Å². The molecule has 19 heavy (non-hydrogen) atoms. The van der Waals surface area contributed by atoms with E-state index >= 15 is 0 Å². The minimum atomic E-state index is -0.201. The molecule has 1 aliphatic rings. The van der Waals surface area contributed by atoms with Crippen LogP contribution in [0.4, 0.5) is 5.69 Å². The first-order valence-electron chi connectivity index (χ1n) is 6.02. The zero-order valence-electron chi connectivity index (χ0n) is 10.2. The summed E-state index contributed by atoms with van der Waals surface area (Å²) in [6.45, 7) is 0. The zero-order chi connectivity index (χ0) is 13.3. The van der Waals surface area contributed by atoms with E-state index in [1.54, 1.807) is 23.9 Å². The van der Waals surface area contributed by atoms with Gasteiger partial charge in [0.15, 0.2) is 10.1 Å². The van der Waals surface area contributed by atoms with Gasteiger partial charge >= 0.3 is 0 Å². The number of rotatable bonds is 4. The molecule has 3 nitrogen and oxygen atoms in total. The van der Waals surface area contributed by atoms with Crippen molar-refractivity contribution in [1.29, 1.82) is 0 Å². The highest BCUT2D eigenvalue weighted by Gasteiger charge is 2.47. The summed E-state index contributed by atoms with van der Waals surface area (Å²) in [5.74, 6) is 0.528. The molecule has 0 atom stereocenters. The van der Waals surface area contributed by atoms with Gasteiger partial charge in [-0.05, 0) is 18.2 Å². The second-order valence-corrected chi connectivity index (χ2v) is 6.23. The van der Waals surface area contributed by atoms with E-state index in [-0.39, 0.29) is 10.1 Å². The molecule has 2 aromatic rings. The lowest BCUT2D eigenvalue weighted by molar-refractivity contribution is 0.260. The molecule has 1 aliphatic carbocycles. The van der Waals surface area contributed by atoms with Crippen molar-refractivity contribution in [3.63, 3.8) is 0 Å². The highest BCUT2D eigenvalue weighted by Crippen LogP contribution is 2.52. The van der Waals surface area contributed by atoms with Gasteiger partial charge in [0, 0.05) is 23.8 Å². The molecular weight excluding hydrogens is 280 g/mol. The second-order valence-electron chi connectivity index (χ2n) is 4.46. The van der Waals surface area contributed by atoms with Gasteiger partial charge in [-0.25, -0.2) is 0 Å². The van der Waals surface area contributed by atoms with Crippen molar-refractivity contribution >= 4 is 29.1 Å². The molecule has 0 radical (unpaired) electrons. The Balaban J connectivity index is 1.73. The largest absolute Gasteiger partial charge is 0.460 e. The summed E-state index contributed by atoms with van der Waals surface area (Å²) >= 11 is 7.63. The van der Waals surface area contributed by atoms with E-state index in [2.05, 4.69) is 17.1 Å². The molecule has 0 spiro atoms. The summed E-state index contributed by atoms with van der Waals surface area (Å²) in [6, 6.07) is 13.7. The van der Waals surface area contributed by atoms with Crippen molar-refractivity contribution < 1.29 is 4.74 Å². The lowest BCUT2D eigenvalue weighted by Gasteiger charge is -2.17. The van der Waals surface area contributed by atoms with Crippen LogP contribution < -0.4 is 10.5 Å². The van der Waals surface area contributed by atoms with Gasteiger partial charge in [0.25, 0.3) is 0 Å². The number of nitrogens with zero attached hydrogens (tertiary/aromatic N) is 1. The van der Waals surface area contributed by atoms with Gasteiger partial charge in [0.2, 0.25) is 5.88 Å². The van der Waals surface area contributed by atoms with Crippen molar-refractivity contribution in [2.24, 2.45) is 0 Å². The number of pyridine rings is 1. The third-order valence-electron chi connectivity index (χ3n) is 2.85. The molecule has 0 bridgehead atoms. The Hall–Kier alpha value is -1.39. The van der Waals surface area contributed by atoms with Gasteiger partial charge in [-0.3, -0.25) is 0 Å². The number of aromatic nitrogens is 1. The quantitative estimate of drug-likeness (QED) is 0.684. The molecular formula is C14H13ClN2OS. The smallest absolute Gasteiger partial charge is 0.216 e. The Labute approximate surface area is 121 Å². The Bertz CT molecular complexity index is 587. The maximum absolute atomic E-state index is 5.96. The summed E-state index contributed by atoms with van der Waals surface area (Å²) in [7, 11) is 0. The van der Waals surface area contributed by atoms with E-state index in [4.69, 9.17) is 22.1 Å². The standard InChI is InChI=1S/C14H13ClN2OS/c15-13-11(16)6-7-12(17-13)18-14(8-9-14)19-10-4-2-1-3-5-10/h1-7H,8-9,16H2. The van der Waals surface area contributed by atoms with Gasteiger partial charge in [-0.15, -0.1) is 0 Å². The lowest BCUT2D eigenvalue weighted by Crippen LogP contribution is -2.13. The van der Waals surface area contributed by atoms with Crippen LogP contribution >= 0.6 is 23.4 Å². The summed E-state index contributed by atoms with van der Waals surface area (Å²) in [4.78, 5) is 5.14. The van der Waals surface area contributed by atoms with Crippen molar-refractivity contribution in [3.8, 4) is 5.88 Å². The molecule has 1 fully saturated rings. The summed E-state index contributed by atoms with van der Waals surface area (Å²) in [5.41, 5.74) is 6.10. The number of halogens is 1. The second kappa shape index (κ2) is 4.94. The van der Waals surface area contributed by atoms with E-state index in [9.17, 15) is 0 Å². The van der Waals surface area contributed by atoms with Gasteiger partial charge in [0.05, 0.1) is 5.69 Å². The first-order valence-corrected chi connectivity index (χ1v) is 7.21. The lowest BCUT2D eigenvalue weighted by atomic mass is 10.4. The predicted octanol–water partition coefficient (Wildman–Crippen LogP) is 3.98. The topological polar surface area (TPSA) is 48.1 Å². The minimum Gasteiger partial charge on any atom is -0.460 e. The average molecular weight is 293 g/mol. The van der Waals surface area contributed by atoms with Crippen molar-refractivity contribution in [1.82, 2.24) is 4.98 Å². The van der Waals surface area contributed by atoms with Crippen molar-refractivity contribution in [2.45, 2.75) is 22.7 Å². The first-order chi connectivity index (χ1) is 9.17. The molecule has 0 aliphatic heterocycles. The summed E-state index contributed by atoms with van der Waals surface area (Å²) < 4.78 is 5.96. The first kappa shape index (κ1) is 12.6. The van der Waals surface area contributed by atoms with Crippen LogP contribution in [0.1, 0.15) is 12.8 Å². The SMILES string of the molecule is Nc1ccc(OC2(Sc3ccccc3)CC2)nc1Cl. The van der Waals surface area contributed by atoms with E-state index < -0.39 is 0 Å². The Kier molecular flexibility index (Phi) is 3.29. The van der Waals surface area contributed by atoms with Gasteiger partial charge in [-0.2, -0.15) is 4.98 Å². The minimum absolute atomic E-state index is 0.201. The van der Waals surface area contributed by atoms with E-state index in [0.717, 1.165) is 12.8 Å². The van der Waals surface area contributed by atoms with E-state index in [1.807, 2.05) is 18.2 Å². The average Bonchev–Trinajstić information content (AvgIpc) is 3.15. The zero-order valence-corrected chi connectivity index (χ0v) is 11.7. The maximum Gasteiger partial charge on any atom is 0.216 e. The monoisotopic (exact) mass is 292 g/mol. The van der Waals surface area contributed by atoms with Crippen LogP contribution in [-0.2, 0) is 0 Å². The molecule has 1 saturated carbocycles. The Morgan fingerprint density at radius 1 is 1.16 bits per heavy atom. The Morgan fingerprint density at radius 3 is 2.53 bits per heavy atom. The Morgan fingerprint density at radius 2 is 1.89 bits per heavy atom. The third-order valence-corrected chi connectivity index (χ3v) is 4.52. The number of nitrogens with two attached hydrogens (primary N) is 1. The number of hydrogen-bond donors (Lipinski definition) is 1. The van der Waals surface area contributed by atoms with Crippen LogP contribution in [0.5, 0.6) is 5.88 Å².